The molecule has 2 aliphatic rings. The van der Waals surface area contributed by atoms with Gasteiger partial charge in [0, 0.05) is 31.9 Å². The summed E-state index contributed by atoms with van der Waals surface area (Å²) in [4.78, 5) is 22.3. The summed E-state index contributed by atoms with van der Waals surface area (Å²) in [6, 6.07) is 2.25. The van der Waals surface area contributed by atoms with E-state index in [0.717, 1.165) is 44.8 Å². The molecule has 0 radical (unpaired) electrons. The molecule has 0 aliphatic carbocycles. The van der Waals surface area contributed by atoms with Crippen LogP contribution in [-0.4, -0.2) is 53.1 Å². The van der Waals surface area contributed by atoms with Crippen molar-refractivity contribution in [2.24, 2.45) is 5.92 Å². The van der Waals surface area contributed by atoms with Crippen LogP contribution in [0, 0.1) is 5.92 Å². The number of carbonyl (C=O) groups excluding carboxylic acids is 1. The molecule has 6 heteroatoms. The quantitative estimate of drug-likeness (QED) is 0.889. The Balaban J connectivity index is 1.48. The highest BCUT2D eigenvalue weighted by Crippen LogP contribution is 2.20. The van der Waals surface area contributed by atoms with Crippen molar-refractivity contribution in [2.45, 2.75) is 25.3 Å². The standard InChI is InChI=1S/C14H20N4O2/c19-14(11-4-8-20-9-11)18-6-2-12(3-7-18)17-13-1-5-15-10-16-13/h1,5,10-12H,2-4,6-9H2,(H,15,16,17). The summed E-state index contributed by atoms with van der Waals surface area (Å²) in [5.74, 6) is 1.21. The summed E-state index contributed by atoms with van der Waals surface area (Å²) < 4.78 is 5.30. The fourth-order valence-electron chi connectivity index (χ4n) is 2.82. The first kappa shape index (κ1) is 13.3. The molecule has 2 aliphatic heterocycles. The van der Waals surface area contributed by atoms with Crippen LogP contribution in [0.4, 0.5) is 5.82 Å². The van der Waals surface area contributed by atoms with Gasteiger partial charge < -0.3 is 15.0 Å². The molecule has 108 valence electrons. The fraction of sp³-hybridized carbons (Fsp3) is 0.643. The molecule has 0 bridgehead atoms. The van der Waals surface area contributed by atoms with Crippen molar-refractivity contribution in [1.82, 2.24) is 14.9 Å². The first-order valence-corrected chi connectivity index (χ1v) is 7.22. The van der Waals surface area contributed by atoms with Crippen molar-refractivity contribution in [3.05, 3.63) is 18.6 Å². The maximum absolute atomic E-state index is 12.3. The molecule has 1 N–H and O–H groups in total. The minimum absolute atomic E-state index is 0.0846. The van der Waals surface area contributed by atoms with Crippen LogP contribution in [-0.2, 0) is 9.53 Å². The lowest BCUT2D eigenvalue weighted by atomic mass is 10.0. The van der Waals surface area contributed by atoms with Gasteiger partial charge in [0.05, 0.1) is 12.5 Å². The smallest absolute Gasteiger partial charge is 0.228 e. The third kappa shape index (κ3) is 3.07. The van der Waals surface area contributed by atoms with Gasteiger partial charge in [-0.15, -0.1) is 0 Å². The first-order valence-electron chi connectivity index (χ1n) is 7.22. The molecule has 1 aromatic heterocycles. The Kier molecular flexibility index (Phi) is 4.11. The van der Waals surface area contributed by atoms with E-state index in [1.807, 2.05) is 11.0 Å². The van der Waals surface area contributed by atoms with E-state index in [4.69, 9.17) is 4.74 Å². The van der Waals surface area contributed by atoms with Crippen molar-refractivity contribution in [3.8, 4) is 0 Å². The van der Waals surface area contributed by atoms with E-state index in [1.54, 1.807) is 12.5 Å². The van der Waals surface area contributed by atoms with E-state index in [0.29, 0.717) is 12.6 Å². The number of nitrogens with zero attached hydrogens (tertiary/aromatic N) is 3. The highest BCUT2D eigenvalue weighted by atomic mass is 16.5. The summed E-state index contributed by atoms with van der Waals surface area (Å²) in [7, 11) is 0. The number of rotatable bonds is 3. The number of piperidine rings is 1. The Morgan fingerprint density at radius 3 is 2.85 bits per heavy atom. The van der Waals surface area contributed by atoms with Gasteiger partial charge in [-0.25, -0.2) is 9.97 Å². The van der Waals surface area contributed by atoms with Gasteiger partial charge in [0.2, 0.25) is 5.91 Å². The molecule has 0 saturated carbocycles. The van der Waals surface area contributed by atoms with Gasteiger partial charge in [0.25, 0.3) is 0 Å². The van der Waals surface area contributed by atoms with Gasteiger partial charge >= 0.3 is 0 Å². The number of ether oxygens (including phenoxy) is 1. The average Bonchev–Trinajstić information content (AvgIpc) is 3.03. The molecule has 3 rings (SSSR count). The molecule has 2 saturated heterocycles. The second kappa shape index (κ2) is 6.17. The SMILES string of the molecule is O=C(C1CCOC1)N1CCC(Nc2ccncn2)CC1. The van der Waals surface area contributed by atoms with Gasteiger partial charge in [-0.3, -0.25) is 4.79 Å². The monoisotopic (exact) mass is 276 g/mol. The van der Waals surface area contributed by atoms with Gasteiger partial charge in [-0.1, -0.05) is 0 Å². The molecule has 0 spiro atoms. The lowest BCUT2D eigenvalue weighted by Gasteiger charge is -2.33. The van der Waals surface area contributed by atoms with E-state index in [2.05, 4.69) is 15.3 Å². The Hall–Kier alpha value is -1.69. The zero-order chi connectivity index (χ0) is 13.8. The third-order valence-corrected chi connectivity index (χ3v) is 4.02. The minimum atomic E-state index is 0.0846. The largest absolute Gasteiger partial charge is 0.381 e. The molecule has 3 heterocycles. The van der Waals surface area contributed by atoms with Crippen LogP contribution < -0.4 is 5.32 Å². The number of likely N-dealkylation sites (tertiary alicyclic amines) is 1. The first-order chi connectivity index (χ1) is 9.83. The van der Waals surface area contributed by atoms with Crippen LogP contribution in [0.5, 0.6) is 0 Å². The normalized spacial score (nSPS) is 23.8. The molecule has 2 fully saturated rings. The molecule has 1 amide bonds. The number of amides is 1. The number of carbonyl (C=O) groups is 1. The van der Waals surface area contributed by atoms with Gasteiger partial charge in [0.15, 0.2) is 0 Å². The van der Waals surface area contributed by atoms with Crippen LogP contribution in [0.25, 0.3) is 0 Å². The highest BCUT2D eigenvalue weighted by Gasteiger charge is 2.30. The lowest BCUT2D eigenvalue weighted by molar-refractivity contribution is -0.136. The minimum Gasteiger partial charge on any atom is -0.381 e. The van der Waals surface area contributed by atoms with Gasteiger partial charge in [-0.2, -0.15) is 0 Å². The predicted molar refractivity (Wildman–Crippen MR) is 74.2 cm³/mol. The zero-order valence-corrected chi connectivity index (χ0v) is 11.5. The molecule has 0 aromatic carbocycles. The van der Waals surface area contributed by atoms with Crippen LogP contribution in [0.1, 0.15) is 19.3 Å². The zero-order valence-electron chi connectivity index (χ0n) is 11.5. The topological polar surface area (TPSA) is 67.3 Å². The van der Waals surface area contributed by atoms with E-state index in [-0.39, 0.29) is 11.8 Å². The van der Waals surface area contributed by atoms with Crippen LogP contribution in [0.3, 0.4) is 0 Å². The Labute approximate surface area is 118 Å². The summed E-state index contributed by atoms with van der Waals surface area (Å²) in [6.07, 6.45) is 6.07. The number of nitrogens with one attached hydrogen (secondary N) is 1. The van der Waals surface area contributed by atoms with E-state index in [9.17, 15) is 4.79 Å². The highest BCUT2D eigenvalue weighted by molar-refractivity contribution is 5.79. The predicted octanol–water partition coefficient (Wildman–Crippen LogP) is 0.916. The van der Waals surface area contributed by atoms with Crippen molar-refractivity contribution in [2.75, 3.05) is 31.6 Å². The Morgan fingerprint density at radius 2 is 2.20 bits per heavy atom. The number of anilines is 1. The molecule has 1 atom stereocenters. The second-order valence-corrected chi connectivity index (χ2v) is 5.40. The van der Waals surface area contributed by atoms with Crippen LogP contribution in [0.2, 0.25) is 0 Å². The summed E-state index contributed by atoms with van der Waals surface area (Å²) >= 11 is 0. The maximum atomic E-state index is 12.3. The number of aromatic nitrogens is 2. The average molecular weight is 276 g/mol. The second-order valence-electron chi connectivity index (χ2n) is 5.40. The molecule has 20 heavy (non-hydrogen) atoms. The molecule has 6 nitrogen and oxygen atoms in total. The van der Waals surface area contributed by atoms with E-state index in [1.165, 1.54) is 0 Å². The van der Waals surface area contributed by atoms with Crippen LogP contribution in [0.15, 0.2) is 18.6 Å². The summed E-state index contributed by atoms with van der Waals surface area (Å²) in [6.45, 7) is 2.95. The molecule has 1 aromatic rings. The fourth-order valence-corrected chi connectivity index (χ4v) is 2.82. The number of hydrogen-bond acceptors (Lipinski definition) is 5. The molecule has 1 unspecified atom stereocenters. The van der Waals surface area contributed by atoms with Gasteiger partial charge in [0.1, 0.15) is 12.1 Å². The summed E-state index contributed by atoms with van der Waals surface area (Å²) in [5.41, 5.74) is 0. The Bertz CT molecular complexity index is 440. The third-order valence-electron chi connectivity index (χ3n) is 4.02. The summed E-state index contributed by atoms with van der Waals surface area (Å²) in [5, 5.41) is 3.40. The maximum Gasteiger partial charge on any atom is 0.228 e. The van der Waals surface area contributed by atoms with Crippen LogP contribution >= 0.6 is 0 Å². The van der Waals surface area contributed by atoms with Gasteiger partial charge in [-0.05, 0) is 25.3 Å². The van der Waals surface area contributed by atoms with E-state index < -0.39 is 0 Å². The van der Waals surface area contributed by atoms with Crippen molar-refractivity contribution < 1.29 is 9.53 Å². The molecular formula is C14H20N4O2. The lowest BCUT2D eigenvalue weighted by Crippen LogP contribution is -2.45. The van der Waals surface area contributed by atoms with Crippen molar-refractivity contribution >= 4 is 11.7 Å². The van der Waals surface area contributed by atoms with Crippen molar-refractivity contribution in [1.29, 1.82) is 0 Å². The number of hydrogen-bond donors (Lipinski definition) is 1. The van der Waals surface area contributed by atoms with Crippen molar-refractivity contribution in [3.63, 3.8) is 0 Å². The van der Waals surface area contributed by atoms with E-state index >= 15 is 0 Å². The molecular weight excluding hydrogens is 256 g/mol. The Morgan fingerprint density at radius 1 is 1.35 bits per heavy atom.